The Morgan fingerprint density at radius 1 is 1.11 bits per heavy atom. The Labute approximate surface area is 269 Å². The molecule has 0 saturated heterocycles. The standard InChI is InChI=1S/C34H33ClN2O7S/c1-6-9-26-29(33(40)42-7-2)30(20-10-8-11-22(16-20)41-5)37-31(38)28(45-34(37)36-26)18-23-13-15-27(44-23)25-17-21(35)12-14-24(25)32(39)43-19(3)4/h8,10-19,30H,6-7,9H2,1-5H3/b28-18+/t30-/m0/s1. The van der Waals surface area contributed by atoms with E-state index in [1.807, 2.05) is 25.1 Å². The third-order valence-electron chi connectivity index (χ3n) is 7.01. The van der Waals surface area contributed by atoms with E-state index in [4.69, 9.17) is 35.2 Å². The van der Waals surface area contributed by atoms with Crippen LogP contribution in [0.5, 0.6) is 5.75 Å². The minimum absolute atomic E-state index is 0.182. The van der Waals surface area contributed by atoms with Gasteiger partial charge in [0.25, 0.3) is 5.56 Å². The molecule has 11 heteroatoms. The molecule has 2 aromatic carbocycles. The number of carbonyl (C=O) groups is 2. The van der Waals surface area contributed by atoms with E-state index in [1.165, 1.54) is 15.9 Å². The van der Waals surface area contributed by atoms with Gasteiger partial charge < -0.3 is 18.6 Å². The maximum Gasteiger partial charge on any atom is 0.339 e. The highest BCUT2D eigenvalue weighted by Crippen LogP contribution is 2.34. The molecule has 45 heavy (non-hydrogen) atoms. The van der Waals surface area contributed by atoms with Gasteiger partial charge in [-0.3, -0.25) is 9.36 Å². The fourth-order valence-electron chi connectivity index (χ4n) is 5.13. The summed E-state index contributed by atoms with van der Waals surface area (Å²) >= 11 is 7.46. The summed E-state index contributed by atoms with van der Waals surface area (Å²) in [5.74, 6) is 0.343. The van der Waals surface area contributed by atoms with Gasteiger partial charge in [0.2, 0.25) is 0 Å². The van der Waals surface area contributed by atoms with E-state index < -0.39 is 18.0 Å². The Hall–Kier alpha value is -4.41. The number of benzene rings is 2. The first kappa shape index (κ1) is 32.0. The molecule has 1 atom stereocenters. The van der Waals surface area contributed by atoms with Crippen LogP contribution in [0.1, 0.15) is 68.3 Å². The van der Waals surface area contributed by atoms with Crippen LogP contribution in [0.2, 0.25) is 5.02 Å². The number of furan rings is 1. The van der Waals surface area contributed by atoms with Crippen LogP contribution in [0.25, 0.3) is 17.4 Å². The number of ether oxygens (including phenoxy) is 3. The van der Waals surface area contributed by atoms with Crippen LogP contribution in [0.15, 0.2) is 80.1 Å². The predicted octanol–water partition coefficient (Wildman–Crippen LogP) is 6.07. The average Bonchev–Trinajstić information content (AvgIpc) is 3.60. The second kappa shape index (κ2) is 13.7. The van der Waals surface area contributed by atoms with Gasteiger partial charge >= 0.3 is 11.9 Å². The zero-order valence-electron chi connectivity index (χ0n) is 25.6. The molecule has 2 aromatic heterocycles. The van der Waals surface area contributed by atoms with Gasteiger partial charge in [0.1, 0.15) is 17.3 Å². The molecule has 0 aliphatic carbocycles. The van der Waals surface area contributed by atoms with Crippen molar-refractivity contribution in [1.82, 2.24) is 4.57 Å². The van der Waals surface area contributed by atoms with Crippen molar-refractivity contribution in [3.8, 4) is 17.1 Å². The van der Waals surface area contributed by atoms with Gasteiger partial charge in [-0.05, 0) is 75.2 Å². The van der Waals surface area contributed by atoms with Crippen molar-refractivity contribution >= 4 is 41.0 Å². The lowest BCUT2D eigenvalue weighted by molar-refractivity contribution is -0.139. The third-order valence-corrected chi connectivity index (χ3v) is 8.23. The van der Waals surface area contributed by atoms with Gasteiger partial charge in [-0.1, -0.05) is 48.4 Å². The van der Waals surface area contributed by atoms with E-state index in [0.717, 1.165) is 6.42 Å². The van der Waals surface area contributed by atoms with E-state index in [9.17, 15) is 14.4 Å². The minimum atomic E-state index is -0.771. The summed E-state index contributed by atoms with van der Waals surface area (Å²) < 4.78 is 24.3. The quantitative estimate of drug-likeness (QED) is 0.192. The average molecular weight is 649 g/mol. The fourth-order valence-corrected chi connectivity index (χ4v) is 6.30. The zero-order chi connectivity index (χ0) is 32.2. The molecule has 1 aliphatic heterocycles. The van der Waals surface area contributed by atoms with Gasteiger partial charge in [0, 0.05) is 16.7 Å². The van der Waals surface area contributed by atoms with Crippen LogP contribution in [0.4, 0.5) is 0 Å². The molecular formula is C34H33ClN2O7S. The maximum absolute atomic E-state index is 14.1. The number of fused-ring (bicyclic) bond motifs is 1. The summed E-state index contributed by atoms with van der Waals surface area (Å²) in [6, 6.07) is 14.8. The van der Waals surface area contributed by atoms with Gasteiger partial charge in [-0.15, -0.1) is 0 Å². The summed E-state index contributed by atoms with van der Waals surface area (Å²) in [5, 5.41) is 0.426. The highest BCUT2D eigenvalue weighted by Gasteiger charge is 2.34. The molecule has 0 saturated carbocycles. The summed E-state index contributed by atoms with van der Waals surface area (Å²) in [7, 11) is 1.56. The lowest BCUT2D eigenvalue weighted by Crippen LogP contribution is -2.40. The second-order valence-electron chi connectivity index (χ2n) is 10.5. The lowest BCUT2D eigenvalue weighted by atomic mass is 9.94. The van der Waals surface area contributed by atoms with Crippen molar-refractivity contribution in [3.05, 3.63) is 107 Å². The number of thiazole rings is 1. The fraction of sp³-hybridized carbons (Fsp3) is 0.294. The molecule has 0 spiro atoms. The number of carbonyl (C=O) groups excluding carboxylic acids is 2. The van der Waals surface area contributed by atoms with Gasteiger partial charge in [-0.25, -0.2) is 14.6 Å². The number of hydrogen-bond donors (Lipinski definition) is 0. The van der Waals surface area contributed by atoms with Crippen molar-refractivity contribution in [2.24, 2.45) is 4.99 Å². The Morgan fingerprint density at radius 2 is 1.91 bits per heavy atom. The predicted molar refractivity (Wildman–Crippen MR) is 172 cm³/mol. The maximum atomic E-state index is 14.1. The van der Waals surface area contributed by atoms with Crippen LogP contribution < -0.4 is 19.6 Å². The van der Waals surface area contributed by atoms with Crippen LogP contribution in [0.3, 0.4) is 0 Å². The number of halogens is 1. The summed E-state index contributed by atoms with van der Waals surface area (Å²) in [5.41, 5.74) is 2.03. The highest BCUT2D eigenvalue weighted by atomic mass is 35.5. The molecule has 0 radical (unpaired) electrons. The van der Waals surface area contributed by atoms with Gasteiger partial charge in [0.05, 0.1) is 47.2 Å². The molecule has 234 valence electrons. The first-order chi connectivity index (χ1) is 21.6. The molecule has 0 bridgehead atoms. The second-order valence-corrected chi connectivity index (χ2v) is 12.0. The number of esters is 2. The van der Waals surface area contributed by atoms with Crippen molar-refractivity contribution < 1.29 is 28.2 Å². The Morgan fingerprint density at radius 3 is 2.62 bits per heavy atom. The summed E-state index contributed by atoms with van der Waals surface area (Å²) in [6.07, 6.45) is 2.59. The van der Waals surface area contributed by atoms with E-state index in [2.05, 4.69) is 0 Å². The number of hydrogen-bond acceptors (Lipinski definition) is 9. The number of rotatable bonds is 10. The minimum Gasteiger partial charge on any atom is -0.497 e. The molecule has 0 amide bonds. The normalized spacial score (nSPS) is 14.7. The molecule has 0 unspecified atom stereocenters. The highest BCUT2D eigenvalue weighted by molar-refractivity contribution is 7.07. The molecule has 1 aliphatic rings. The Kier molecular flexibility index (Phi) is 9.74. The summed E-state index contributed by atoms with van der Waals surface area (Å²) in [6.45, 7) is 7.47. The SMILES string of the molecule is CCCC1=C(C(=O)OCC)[C@H](c2cccc(OC)c2)n2c(s/c(=C/c3ccc(-c4cc(Cl)ccc4C(=O)OC(C)C)o3)c2=O)=N1. The van der Waals surface area contributed by atoms with Gasteiger partial charge in [-0.2, -0.15) is 0 Å². The third kappa shape index (κ3) is 6.67. The molecular weight excluding hydrogens is 616 g/mol. The van der Waals surface area contributed by atoms with E-state index >= 15 is 0 Å². The number of aromatic nitrogens is 1. The number of nitrogens with zero attached hydrogens (tertiary/aromatic N) is 2. The first-order valence-electron chi connectivity index (χ1n) is 14.6. The first-order valence-corrected chi connectivity index (χ1v) is 15.8. The van der Waals surface area contributed by atoms with Crippen molar-refractivity contribution in [2.45, 2.75) is 52.7 Å². The largest absolute Gasteiger partial charge is 0.497 e. The molecule has 0 N–H and O–H groups in total. The Balaban J connectivity index is 1.65. The lowest BCUT2D eigenvalue weighted by Gasteiger charge is -2.26. The summed E-state index contributed by atoms with van der Waals surface area (Å²) in [4.78, 5) is 45.5. The molecule has 5 rings (SSSR count). The van der Waals surface area contributed by atoms with Crippen molar-refractivity contribution in [2.75, 3.05) is 13.7 Å². The monoisotopic (exact) mass is 648 g/mol. The smallest absolute Gasteiger partial charge is 0.339 e. The molecule has 0 fully saturated rings. The van der Waals surface area contributed by atoms with E-state index in [1.54, 1.807) is 70.4 Å². The van der Waals surface area contributed by atoms with Crippen LogP contribution >= 0.6 is 22.9 Å². The molecule has 3 heterocycles. The van der Waals surface area contributed by atoms with Crippen LogP contribution in [0, 0.1) is 0 Å². The topological polar surface area (TPSA) is 109 Å². The Bertz CT molecular complexity index is 1970. The van der Waals surface area contributed by atoms with Crippen LogP contribution in [-0.2, 0) is 14.3 Å². The number of allylic oxidation sites excluding steroid dienone is 1. The number of methoxy groups -OCH3 is 1. The van der Waals surface area contributed by atoms with Gasteiger partial charge in [0.15, 0.2) is 4.80 Å². The van der Waals surface area contributed by atoms with E-state index in [0.29, 0.717) is 66.0 Å². The zero-order valence-corrected chi connectivity index (χ0v) is 27.2. The van der Waals surface area contributed by atoms with Crippen LogP contribution in [-0.4, -0.2) is 36.3 Å². The van der Waals surface area contributed by atoms with E-state index in [-0.39, 0.29) is 18.3 Å². The van der Waals surface area contributed by atoms with Crippen molar-refractivity contribution in [1.29, 1.82) is 0 Å². The molecule has 9 nitrogen and oxygen atoms in total. The van der Waals surface area contributed by atoms with Crippen molar-refractivity contribution in [3.63, 3.8) is 0 Å². The molecule has 4 aromatic rings.